The summed E-state index contributed by atoms with van der Waals surface area (Å²) in [5.74, 6) is 1.30. The van der Waals surface area contributed by atoms with E-state index < -0.39 is 0 Å². The first-order chi connectivity index (χ1) is 17.9. The van der Waals surface area contributed by atoms with Gasteiger partial charge in [0, 0.05) is 59.7 Å². The molecule has 0 atom stereocenters. The van der Waals surface area contributed by atoms with Gasteiger partial charge in [-0.05, 0) is 45.6 Å². The van der Waals surface area contributed by atoms with Crippen molar-refractivity contribution in [1.29, 1.82) is 0 Å². The fraction of sp³-hybridized carbons (Fsp3) is 0.500. The van der Waals surface area contributed by atoms with Gasteiger partial charge in [0.25, 0.3) is 0 Å². The van der Waals surface area contributed by atoms with Crippen molar-refractivity contribution in [3.63, 3.8) is 0 Å². The van der Waals surface area contributed by atoms with Crippen LogP contribution in [0.2, 0.25) is 0 Å². The zero-order valence-corrected chi connectivity index (χ0v) is 23.4. The predicted molar refractivity (Wildman–Crippen MR) is 157 cm³/mol. The highest BCUT2D eigenvalue weighted by Crippen LogP contribution is 2.19. The lowest BCUT2D eigenvalue weighted by molar-refractivity contribution is 0.236. The summed E-state index contributed by atoms with van der Waals surface area (Å²) in [6.07, 6.45) is 7.35. The Kier molecular flexibility index (Phi) is 11.3. The third kappa shape index (κ3) is 9.39. The number of carbonyl (C=O) groups is 1. The third-order valence-corrected chi connectivity index (χ3v) is 7.01. The Labute approximate surface area is 225 Å². The number of amidine groups is 1. The fourth-order valence-corrected chi connectivity index (χ4v) is 5.10. The first-order valence-corrected chi connectivity index (χ1v) is 14.2. The molecule has 2 amide bonds. The molecule has 0 aromatic heterocycles. The van der Waals surface area contributed by atoms with Crippen molar-refractivity contribution in [2.45, 2.75) is 78.4 Å². The predicted octanol–water partition coefficient (Wildman–Crippen LogP) is 5.09. The zero-order valence-electron chi connectivity index (χ0n) is 22.6. The molecular formula is C28H41N7OS. The van der Waals surface area contributed by atoms with E-state index in [1.807, 2.05) is 37.4 Å². The smallest absolute Gasteiger partial charge is 0.315 e. The Balaban J connectivity index is 1.68. The van der Waals surface area contributed by atoms with E-state index in [4.69, 9.17) is 4.99 Å². The third-order valence-electron chi connectivity index (χ3n) is 6.06. The molecule has 1 aliphatic carbocycles. The lowest BCUT2D eigenvalue weighted by Crippen LogP contribution is -2.40. The molecule has 0 spiro atoms. The molecule has 2 aliphatic rings. The van der Waals surface area contributed by atoms with Gasteiger partial charge in [-0.2, -0.15) is 0 Å². The van der Waals surface area contributed by atoms with Crippen molar-refractivity contribution < 1.29 is 4.79 Å². The number of thioether (sulfide) groups is 1. The molecule has 3 rings (SSSR count). The largest absolute Gasteiger partial charge is 0.341 e. The SMILES string of the molecule is C=C(NC(=NCCC)/N=C(\C)c1ccccc1CNC(=O)NC1CCCC1)C1=CNC(=NC(C)C)SC1. The summed E-state index contributed by atoms with van der Waals surface area (Å²) in [5, 5.41) is 13.6. The van der Waals surface area contributed by atoms with Crippen molar-refractivity contribution in [2.24, 2.45) is 15.0 Å². The van der Waals surface area contributed by atoms with Gasteiger partial charge in [-0.1, -0.05) is 62.4 Å². The van der Waals surface area contributed by atoms with E-state index in [-0.39, 0.29) is 18.1 Å². The van der Waals surface area contributed by atoms with Crippen LogP contribution in [0.25, 0.3) is 0 Å². The molecule has 9 heteroatoms. The number of benzene rings is 1. The molecule has 4 N–H and O–H groups in total. The molecule has 1 saturated carbocycles. The number of rotatable bonds is 9. The van der Waals surface area contributed by atoms with Gasteiger partial charge >= 0.3 is 6.03 Å². The number of hydrogen-bond donors (Lipinski definition) is 4. The van der Waals surface area contributed by atoms with Gasteiger partial charge in [-0.25, -0.2) is 9.79 Å². The zero-order chi connectivity index (χ0) is 26.6. The Bertz CT molecular complexity index is 1070. The van der Waals surface area contributed by atoms with E-state index in [1.165, 1.54) is 12.8 Å². The highest BCUT2D eigenvalue weighted by atomic mass is 32.2. The highest BCUT2D eigenvalue weighted by Gasteiger charge is 2.17. The summed E-state index contributed by atoms with van der Waals surface area (Å²) in [5.41, 5.74) is 4.60. The minimum atomic E-state index is -0.117. The summed E-state index contributed by atoms with van der Waals surface area (Å²) in [4.78, 5) is 26.4. The van der Waals surface area contributed by atoms with Crippen LogP contribution in [0.3, 0.4) is 0 Å². The molecule has 1 heterocycles. The van der Waals surface area contributed by atoms with E-state index in [2.05, 4.69) is 58.6 Å². The average Bonchev–Trinajstić information content (AvgIpc) is 3.39. The molecule has 0 saturated heterocycles. The summed E-state index contributed by atoms with van der Waals surface area (Å²) in [6.45, 7) is 13.5. The van der Waals surface area contributed by atoms with E-state index in [0.29, 0.717) is 19.0 Å². The lowest BCUT2D eigenvalue weighted by atomic mass is 10.0. The van der Waals surface area contributed by atoms with Gasteiger partial charge in [-0.15, -0.1) is 0 Å². The molecule has 1 aromatic rings. The van der Waals surface area contributed by atoms with E-state index in [9.17, 15) is 4.79 Å². The number of carbonyl (C=O) groups excluding carboxylic acids is 1. The molecular weight excluding hydrogens is 482 g/mol. The van der Waals surface area contributed by atoms with Crippen LogP contribution in [-0.2, 0) is 6.54 Å². The van der Waals surface area contributed by atoms with Gasteiger partial charge < -0.3 is 21.3 Å². The van der Waals surface area contributed by atoms with Gasteiger partial charge in [0.1, 0.15) is 0 Å². The van der Waals surface area contributed by atoms with Crippen molar-refractivity contribution >= 4 is 34.6 Å². The molecule has 37 heavy (non-hydrogen) atoms. The van der Waals surface area contributed by atoms with Crippen LogP contribution in [0.1, 0.15) is 70.9 Å². The van der Waals surface area contributed by atoms with Crippen molar-refractivity contribution in [3.8, 4) is 0 Å². The monoisotopic (exact) mass is 523 g/mol. The maximum atomic E-state index is 12.4. The lowest BCUT2D eigenvalue weighted by Gasteiger charge is -2.19. The van der Waals surface area contributed by atoms with Crippen LogP contribution < -0.4 is 21.3 Å². The van der Waals surface area contributed by atoms with E-state index in [1.54, 1.807) is 11.8 Å². The number of amides is 2. The molecule has 200 valence electrons. The number of guanidine groups is 1. The molecule has 1 aromatic carbocycles. The minimum Gasteiger partial charge on any atom is -0.341 e. The fourth-order valence-electron chi connectivity index (χ4n) is 4.13. The Hall–Kier alpha value is -3.07. The number of nitrogens with zero attached hydrogens (tertiary/aromatic N) is 3. The summed E-state index contributed by atoms with van der Waals surface area (Å²) < 4.78 is 0. The molecule has 8 nitrogen and oxygen atoms in total. The number of urea groups is 1. The van der Waals surface area contributed by atoms with Crippen LogP contribution in [-0.4, -0.2) is 47.3 Å². The number of aliphatic imine (C=N–C) groups is 3. The summed E-state index contributed by atoms with van der Waals surface area (Å²) >= 11 is 1.66. The minimum absolute atomic E-state index is 0.117. The van der Waals surface area contributed by atoms with Crippen molar-refractivity contribution in [3.05, 3.63) is 59.4 Å². The summed E-state index contributed by atoms with van der Waals surface area (Å²) in [7, 11) is 0. The van der Waals surface area contributed by atoms with Gasteiger partial charge in [0.2, 0.25) is 5.96 Å². The van der Waals surface area contributed by atoms with Gasteiger partial charge in [0.15, 0.2) is 5.17 Å². The van der Waals surface area contributed by atoms with Crippen LogP contribution in [0.15, 0.2) is 63.3 Å². The number of nitrogens with one attached hydrogen (secondary N) is 4. The average molecular weight is 524 g/mol. The second-order valence-corrected chi connectivity index (χ2v) is 10.6. The molecule has 0 unspecified atom stereocenters. The standard InChI is InChI=1S/C28H41N7OS/c1-6-15-29-26(33-20(4)23-17-31-28(37-18-23)32-19(2)3)34-21(5)25-14-10-7-11-22(25)16-30-27(36)35-24-12-8-9-13-24/h7,10-11,14,17,19,24H,4,6,8-9,12-13,15-16,18H2,1-3,5H3,(H,29,33)(H,31,32)(H2,30,35,36)/b34-21+. The first kappa shape index (κ1) is 28.5. The van der Waals surface area contributed by atoms with Crippen molar-refractivity contribution in [1.82, 2.24) is 21.3 Å². The Morgan fingerprint density at radius 2 is 2.00 bits per heavy atom. The first-order valence-electron chi connectivity index (χ1n) is 13.2. The number of allylic oxidation sites excluding steroid dienone is 1. The van der Waals surface area contributed by atoms with Gasteiger partial charge in [-0.3, -0.25) is 9.98 Å². The van der Waals surface area contributed by atoms with Gasteiger partial charge in [0.05, 0.1) is 0 Å². The molecule has 1 aliphatic heterocycles. The van der Waals surface area contributed by atoms with Crippen LogP contribution in [0.5, 0.6) is 0 Å². The topological polar surface area (TPSA) is 102 Å². The maximum Gasteiger partial charge on any atom is 0.315 e. The normalized spacial score (nSPS) is 18.0. The Morgan fingerprint density at radius 3 is 2.68 bits per heavy atom. The van der Waals surface area contributed by atoms with E-state index >= 15 is 0 Å². The van der Waals surface area contributed by atoms with E-state index in [0.717, 1.165) is 58.3 Å². The number of hydrogen-bond acceptors (Lipinski definition) is 4. The maximum absolute atomic E-state index is 12.4. The quantitative estimate of drug-likeness (QED) is 0.267. The highest BCUT2D eigenvalue weighted by molar-refractivity contribution is 8.14. The molecule has 0 bridgehead atoms. The second-order valence-electron chi connectivity index (χ2n) is 9.60. The van der Waals surface area contributed by atoms with Crippen LogP contribution in [0.4, 0.5) is 4.79 Å². The second kappa shape index (κ2) is 14.6. The van der Waals surface area contributed by atoms with Crippen LogP contribution >= 0.6 is 11.8 Å². The molecule has 1 fully saturated rings. The molecule has 0 radical (unpaired) electrons. The Morgan fingerprint density at radius 1 is 1.24 bits per heavy atom. The van der Waals surface area contributed by atoms with Crippen LogP contribution in [0, 0.1) is 0 Å². The summed E-state index contributed by atoms with van der Waals surface area (Å²) in [6, 6.07) is 8.42. The van der Waals surface area contributed by atoms with Crippen molar-refractivity contribution in [2.75, 3.05) is 12.3 Å².